The minimum absolute atomic E-state index is 0.171. The highest BCUT2D eigenvalue weighted by Crippen LogP contribution is 2.20. The van der Waals surface area contributed by atoms with Gasteiger partial charge in [-0.15, -0.1) is 0 Å². The molecule has 0 fully saturated rings. The third-order valence-electron chi connectivity index (χ3n) is 3.13. The molecule has 1 aromatic carbocycles. The van der Waals surface area contributed by atoms with Gasteiger partial charge in [-0.1, -0.05) is 18.8 Å². The lowest BCUT2D eigenvalue weighted by atomic mass is 10.0. The first-order chi connectivity index (χ1) is 9.44. The molecule has 0 aliphatic heterocycles. The van der Waals surface area contributed by atoms with E-state index in [1.54, 1.807) is 13.8 Å². The predicted octanol–water partition coefficient (Wildman–Crippen LogP) is 1.92. The number of nitrogens with two attached hydrogens (primary N) is 1. The highest BCUT2D eigenvalue weighted by atomic mass is 16.5. The second-order valence-electron chi connectivity index (χ2n) is 4.90. The zero-order valence-corrected chi connectivity index (χ0v) is 12.5. The lowest BCUT2D eigenvalue weighted by Gasteiger charge is -2.22. The minimum Gasteiger partial charge on any atom is -0.369 e. The molecule has 1 rings (SSSR count). The third kappa shape index (κ3) is 4.09. The van der Waals surface area contributed by atoms with Gasteiger partial charge in [0.2, 0.25) is 0 Å². The van der Waals surface area contributed by atoms with Crippen molar-refractivity contribution in [3.8, 4) is 11.8 Å². The summed E-state index contributed by atoms with van der Waals surface area (Å²) >= 11 is 0. The fourth-order valence-electron chi connectivity index (χ4n) is 1.60. The number of amides is 1. The van der Waals surface area contributed by atoms with Crippen LogP contribution in [0.15, 0.2) is 18.2 Å². The molecule has 0 saturated carbocycles. The fourth-order valence-corrected chi connectivity index (χ4v) is 1.60. The van der Waals surface area contributed by atoms with Crippen molar-refractivity contribution < 1.29 is 9.53 Å². The predicted molar refractivity (Wildman–Crippen MR) is 81.5 cm³/mol. The van der Waals surface area contributed by atoms with E-state index in [1.165, 1.54) is 7.11 Å². The average Bonchev–Trinajstić information content (AvgIpc) is 2.45. The van der Waals surface area contributed by atoms with Gasteiger partial charge in [-0.3, -0.25) is 4.79 Å². The molecule has 0 radical (unpaired) electrons. The van der Waals surface area contributed by atoms with E-state index in [0.717, 1.165) is 23.2 Å². The van der Waals surface area contributed by atoms with Crippen LogP contribution in [0.3, 0.4) is 0 Å². The number of carbonyl (C=O) groups is 1. The summed E-state index contributed by atoms with van der Waals surface area (Å²) in [6, 6.07) is 5.71. The molecule has 20 heavy (non-hydrogen) atoms. The van der Waals surface area contributed by atoms with Crippen molar-refractivity contribution in [3.63, 3.8) is 0 Å². The zero-order valence-electron chi connectivity index (χ0n) is 12.5. The minimum atomic E-state index is -0.858. The number of hydrogen-bond donors (Lipinski definition) is 2. The maximum Gasteiger partial charge on any atom is 0.256 e. The molecule has 4 nitrogen and oxygen atoms in total. The van der Waals surface area contributed by atoms with Crippen LogP contribution in [0, 0.1) is 11.8 Å². The Kier molecular flexibility index (Phi) is 5.75. The number of nitrogens with one attached hydrogen (secondary N) is 1. The third-order valence-corrected chi connectivity index (χ3v) is 3.13. The van der Waals surface area contributed by atoms with Gasteiger partial charge in [-0.2, -0.15) is 0 Å². The SMILES string of the molecule is CCc1cc(C#CCN)ccc1NC(=O)C(C)(C)OC. The largest absolute Gasteiger partial charge is 0.369 e. The number of anilines is 1. The van der Waals surface area contributed by atoms with Crippen molar-refractivity contribution in [3.05, 3.63) is 29.3 Å². The molecule has 0 aliphatic rings. The van der Waals surface area contributed by atoms with Crippen molar-refractivity contribution in [1.82, 2.24) is 0 Å². The van der Waals surface area contributed by atoms with E-state index in [1.807, 2.05) is 25.1 Å². The number of hydrogen-bond acceptors (Lipinski definition) is 3. The van der Waals surface area contributed by atoms with Gasteiger partial charge < -0.3 is 15.8 Å². The van der Waals surface area contributed by atoms with Crippen LogP contribution < -0.4 is 11.1 Å². The topological polar surface area (TPSA) is 64.3 Å². The summed E-state index contributed by atoms with van der Waals surface area (Å²) in [6.07, 6.45) is 0.807. The van der Waals surface area contributed by atoms with E-state index >= 15 is 0 Å². The molecule has 3 N–H and O–H groups in total. The molecule has 0 aliphatic carbocycles. The average molecular weight is 274 g/mol. The Hall–Kier alpha value is -1.83. The van der Waals surface area contributed by atoms with Crippen LogP contribution in [-0.4, -0.2) is 25.2 Å². The molecule has 0 spiro atoms. The molecule has 0 heterocycles. The van der Waals surface area contributed by atoms with E-state index in [0.29, 0.717) is 6.54 Å². The van der Waals surface area contributed by atoms with Gasteiger partial charge in [0.25, 0.3) is 5.91 Å². The number of carbonyl (C=O) groups excluding carboxylic acids is 1. The lowest BCUT2D eigenvalue weighted by molar-refractivity contribution is -0.133. The Bertz CT molecular complexity index is 539. The summed E-state index contributed by atoms with van der Waals surface area (Å²) in [5.74, 6) is 5.64. The summed E-state index contributed by atoms with van der Waals surface area (Å²) in [7, 11) is 1.52. The zero-order chi connectivity index (χ0) is 15.2. The molecule has 1 aromatic rings. The van der Waals surface area contributed by atoms with Gasteiger partial charge in [-0.05, 0) is 44.0 Å². The van der Waals surface area contributed by atoms with Crippen molar-refractivity contribution in [2.24, 2.45) is 5.73 Å². The molecule has 0 aromatic heterocycles. The van der Waals surface area contributed by atoms with E-state index in [2.05, 4.69) is 17.2 Å². The molecule has 1 amide bonds. The van der Waals surface area contributed by atoms with E-state index in [9.17, 15) is 4.79 Å². The van der Waals surface area contributed by atoms with E-state index in [-0.39, 0.29) is 5.91 Å². The van der Waals surface area contributed by atoms with Gasteiger partial charge in [0.05, 0.1) is 6.54 Å². The van der Waals surface area contributed by atoms with Crippen LogP contribution in [0.5, 0.6) is 0 Å². The molecule has 4 heteroatoms. The number of aryl methyl sites for hydroxylation is 1. The van der Waals surface area contributed by atoms with Gasteiger partial charge in [-0.25, -0.2) is 0 Å². The van der Waals surface area contributed by atoms with Gasteiger partial charge >= 0.3 is 0 Å². The molecular weight excluding hydrogens is 252 g/mol. The number of rotatable bonds is 4. The fraction of sp³-hybridized carbons (Fsp3) is 0.438. The maximum absolute atomic E-state index is 12.1. The van der Waals surface area contributed by atoms with Gasteiger partial charge in [0.15, 0.2) is 0 Å². The van der Waals surface area contributed by atoms with Crippen LogP contribution >= 0.6 is 0 Å². The van der Waals surface area contributed by atoms with Crippen molar-refractivity contribution in [2.45, 2.75) is 32.8 Å². The van der Waals surface area contributed by atoms with Crippen LogP contribution in [0.4, 0.5) is 5.69 Å². The Morgan fingerprint density at radius 1 is 1.45 bits per heavy atom. The molecule has 108 valence electrons. The molecule has 0 saturated heterocycles. The second kappa shape index (κ2) is 7.09. The summed E-state index contributed by atoms with van der Waals surface area (Å²) < 4.78 is 5.17. The smallest absolute Gasteiger partial charge is 0.256 e. The Morgan fingerprint density at radius 2 is 2.15 bits per heavy atom. The summed E-state index contributed by atoms with van der Waals surface area (Å²) in [5.41, 5.74) is 7.23. The summed E-state index contributed by atoms with van der Waals surface area (Å²) in [6.45, 7) is 5.83. The molecule has 0 unspecified atom stereocenters. The first-order valence-corrected chi connectivity index (χ1v) is 6.63. The maximum atomic E-state index is 12.1. The van der Waals surface area contributed by atoms with Crippen molar-refractivity contribution in [2.75, 3.05) is 19.0 Å². The van der Waals surface area contributed by atoms with E-state index < -0.39 is 5.60 Å². The lowest BCUT2D eigenvalue weighted by Crippen LogP contribution is -2.39. The Labute approximate surface area is 120 Å². The first kappa shape index (κ1) is 16.2. The molecule has 0 atom stereocenters. The quantitative estimate of drug-likeness (QED) is 0.825. The van der Waals surface area contributed by atoms with Crippen LogP contribution in [-0.2, 0) is 16.0 Å². The summed E-state index contributed by atoms with van der Waals surface area (Å²) in [4.78, 5) is 12.1. The van der Waals surface area contributed by atoms with Crippen LogP contribution in [0.25, 0.3) is 0 Å². The highest BCUT2D eigenvalue weighted by molar-refractivity contribution is 5.97. The van der Waals surface area contributed by atoms with E-state index in [4.69, 9.17) is 10.5 Å². The molecule has 0 bridgehead atoms. The Morgan fingerprint density at radius 3 is 2.70 bits per heavy atom. The van der Waals surface area contributed by atoms with Gasteiger partial charge in [0.1, 0.15) is 5.60 Å². The second-order valence-corrected chi connectivity index (χ2v) is 4.90. The standard InChI is InChI=1S/C16H22N2O2/c1-5-13-11-12(7-6-10-17)8-9-14(13)18-15(19)16(2,3)20-4/h8-9,11H,5,10,17H2,1-4H3,(H,18,19). The summed E-state index contributed by atoms with van der Waals surface area (Å²) in [5, 5.41) is 2.90. The van der Waals surface area contributed by atoms with Crippen LogP contribution in [0.1, 0.15) is 31.9 Å². The number of ether oxygens (including phenoxy) is 1. The van der Waals surface area contributed by atoms with Crippen LogP contribution in [0.2, 0.25) is 0 Å². The number of methoxy groups -OCH3 is 1. The highest BCUT2D eigenvalue weighted by Gasteiger charge is 2.27. The molecular formula is C16H22N2O2. The van der Waals surface area contributed by atoms with Crippen molar-refractivity contribution >= 4 is 11.6 Å². The number of benzene rings is 1. The first-order valence-electron chi connectivity index (χ1n) is 6.63. The normalized spacial score (nSPS) is 10.7. The van der Waals surface area contributed by atoms with Gasteiger partial charge in [0, 0.05) is 18.4 Å². The van der Waals surface area contributed by atoms with Crippen molar-refractivity contribution in [1.29, 1.82) is 0 Å². The Balaban J connectivity index is 2.99. The monoisotopic (exact) mass is 274 g/mol.